The molecule has 0 saturated heterocycles. The zero-order chi connectivity index (χ0) is 7.56. The zero-order valence-electron chi connectivity index (χ0n) is 5.57. The first-order chi connectivity index (χ1) is 4.74. The maximum absolute atomic E-state index is 8.83. The van der Waals surface area contributed by atoms with Crippen LogP contribution in [0.25, 0.3) is 0 Å². The van der Waals surface area contributed by atoms with E-state index in [1.54, 1.807) is 0 Å². The van der Waals surface area contributed by atoms with Crippen LogP contribution in [0.5, 0.6) is 11.6 Å². The molecule has 54 valence electrons. The van der Waals surface area contributed by atoms with Gasteiger partial charge in [0, 0.05) is 6.42 Å². The minimum Gasteiger partial charge on any atom is -0.502 e. The van der Waals surface area contributed by atoms with Crippen LogP contribution in [-0.2, 0) is 6.42 Å². The number of hydrogen-bond donors (Lipinski definition) is 2. The Balaban J connectivity index is 3.04. The minimum absolute atomic E-state index is 0.280. The molecule has 0 fully saturated rings. The maximum Gasteiger partial charge on any atom is 0.257 e. The van der Waals surface area contributed by atoms with Gasteiger partial charge in [-0.1, -0.05) is 6.92 Å². The smallest absolute Gasteiger partial charge is 0.257 e. The van der Waals surface area contributed by atoms with Crippen molar-refractivity contribution in [3.8, 4) is 11.6 Å². The number of aromatic nitrogens is 2. The number of rotatable bonds is 1. The standard InChI is InChI=1S/C6H8N2O2/c1-2-5-7-3-4(9)6(10)8-5/h3,9H,2H2,1H3,(H,7,8,10). The number of hydrogen-bond acceptors (Lipinski definition) is 4. The highest BCUT2D eigenvalue weighted by atomic mass is 16.3. The molecule has 1 rings (SSSR count). The van der Waals surface area contributed by atoms with Gasteiger partial charge in [-0.15, -0.1) is 0 Å². The molecule has 0 aromatic carbocycles. The molecule has 1 aromatic rings. The molecule has 0 radical (unpaired) electrons. The van der Waals surface area contributed by atoms with E-state index in [2.05, 4.69) is 9.97 Å². The van der Waals surface area contributed by atoms with Crippen molar-refractivity contribution in [2.75, 3.05) is 0 Å². The highest BCUT2D eigenvalue weighted by Gasteiger charge is 2.00. The van der Waals surface area contributed by atoms with Crippen molar-refractivity contribution in [2.24, 2.45) is 0 Å². The second-order valence-electron chi connectivity index (χ2n) is 1.85. The summed E-state index contributed by atoms with van der Waals surface area (Å²) in [4.78, 5) is 7.32. The van der Waals surface area contributed by atoms with Gasteiger partial charge >= 0.3 is 0 Å². The van der Waals surface area contributed by atoms with E-state index < -0.39 is 0 Å². The van der Waals surface area contributed by atoms with Crippen LogP contribution in [0.15, 0.2) is 6.20 Å². The summed E-state index contributed by atoms with van der Waals surface area (Å²) in [6.07, 6.45) is 1.83. The molecule has 2 N–H and O–H groups in total. The highest BCUT2D eigenvalue weighted by molar-refractivity contribution is 5.27. The van der Waals surface area contributed by atoms with Gasteiger partial charge in [0.1, 0.15) is 5.82 Å². The Kier molecular flexibility index (Phi) is 1.71. The van der Waals surface area contributed by atoms with Gasteiger partial charge in [-0.05, 0) is 0 Å². The van der Waals surface area contributed by atoms with E-state index in [0.29, 0.717) is 12.2 Å². The third kappa shape index (κ3) is 1.15. The number of aryl methyl sites for hydroxylation is 1. The van der Waals surface area contributed by atoms with Crippen molar-refractivity contribution >= 4 is 0 Å². The van der Waals surface area contributed by atoms with Gasteiger partial charge in [0.15, 0.2) is 5.75 Å². The molecule has 0 spiro atoms. The fourth-order valence-electron chi connectivity index (χ4n) is 0.572. The molecular weight excluding hydrogens is 132 g/mol. The van der Waals surface area contributed by atoms with Gasteiger partial charge in [0.2, 0.25) is 0 Å². The summed E-state index contributed by atoms with van der Waals surface area (Å²) < 4.78 is 0. The monoisotopic (exact) mass is 140 g/mol. The van der Waals surface area contributed by atoms with Crippen molar-refractivity contribution in [1.82, 2.24) is 9.97 Å². The Labute approximate surface area is 58.2 Å². The van der Waals surface area contributed by atoms with E-state index in [4.69, 9.17) is 10.2 Å². The molecule has 0 amide bonds. The second-order valence-corrected chi connectivity index (χ2v) is 1.85. The van der Waals surface area contributed by atoms with E-state index in [9.17, 15) is 0 Å². The average molecular weight is 140 g/mol. The molecule has 0 aliphatic heterocycles. The lowest BCUT2D eigenvalue weighted by Gasteiger charge is -1.96. The Morgan fingerprint density at radius 3 is 2.70 bits per heavy atom. The highest BCUT2D eigenvalue weighted by Crippen LogP contribution is 2.18. The molecule has 4 heteroatoms. The Morgan fingerprint density at radius 2 is 2.20 bits per heavy atom. The third-order valence-corrected chi connectivity index (χ3v) is 1.12. The van der Waals surface area contributed by atoms with Gasteiger partial charge < -0.3 is 10.2 Å². The van der Waals surface area contributed by atoms with Crippen LogP contribution in [0.2, 0.25) is 0 Å². The molecule has 1 aromatic heterocycles. The summed E-state index contributed by atoms with van der Waals surface area (Å²) in [5, 5.41) is 17.6. The summed E-state index contributed by atoms with van der Waals surface area (Å²) in [6, 6.07) is 0. The largest absolute Gasteiger partial charge is 0.502 e. The van der Waals surface area contributed by atoms with E-state index in [1.807, 2.05) is 6.92 Å². The van der Waals surface area contributed by atoms with E-state index in [1.165, 1.54) is 6.20 Å². The van der Waals surface area contributed by atoms with Crippen molar-refractivity contribution in [2.45, 2.75) is 13.3 Å². The molecule has 0 aliphatic rings. The summed E-state index contributed by atoms with van der Waals surface area (Å²) in [6.45, 7) is 1.87. The Morgan fingerprint density at radius 1 is 1.50 bits per heavy atom. The summed E-state index contributed by atoms with van der Waals surface area (Å²) >= 11 is 0. The van der Waals surface area contributed by atoms with Crippen LogP contribution < -0.4 is 0 Å². The van der Waals surface area contributed by atoms with E-state index in [0.717, 1.165) is 0 Å². The van der Waals surface area contributed by atoms with Gasteiger partial charge in [0.25, 0.3) is 5.88 Å². The molecule has 1 heterocycles. The first-order valence-electron chi connectivity index (χ1n) is 2.98. The van der Waals surface area contributed by atoms with Gasteiger partial charge in [-0.3, -0.25) is 0 Å². The second kappa shape index (κ2) is 2.51. The van der Waals surface area contributed by atoms with Gasteiger partial charge in [-0.2, -0.15) is 4.98 Å². The summed E-state index contributed by atoms with van der Waals surface area (Å²) in [5.74, 6) is -0.112. The molecule has 0 unspecified atom stereocenters. The molecule has 0 atom stereocenters. The zero-order valence-corrected chi connectivity index (χ0v) is 5.57. The SMILES string of the molecule is CCc1ncc(O)c(O)n1. The van der Waals surface area contributed by atoms with Crippen molar-refractivity contribution in [3.05, 3.63) is 12.0 Å². The van der Waals surface area contributed by atoms with Crippen LogP contribution in [0.3, 0.4) is 0 Å². The Hall–Kier alpha value is -1.32. The first-order valence-corrected chi connectivity index (χ1v) is 2.98. The van der Waals surface area contributed by atoms with Gasteiger partial charge in [0.05, 0.1) is 6.20 Å². The van der Waals surface area contributed by atoms with Crippen LogP contribution in [0.4, 0.5) is 0 Å². The molecule has 4 nitrogen and oxygen atoms in total. The lowest BCUT2D eigenvalue weighted by molar-refractivity contribution is 0.383. The lowest BCUT2D eigenvalue weighted by atomic mass is 10.4. The normalized spacial score (nSPS) is 9.70. The summed E-state index contributed by atoms with van der Waals surface area (Å²) in [5.41, 5.74) is 0. The van der Waals surface area contributed by atoms with Crippen molar-refractivity contribution < 1.29 is 10.2 Å². The predicted octanol–water partition coefficient (Wildman–Crippen LogP) is 0.450. The predicted molar refractivity (Wildman–Crippen MR) is 34.7 cm³/mol. The third-order valence-electron chi connectivity index (χ3n) is 1.12. The minimum atomic E-state index is -0.355. The van der Waals surface area contributed by atoms with Crippen LogP contribution in [0.1, 0.15) is 12.7 Å². The Bertz CT molecular complexity index is 237. The quantitative estimate of drug-likeness (QED) is 0.594. The molecule has 0 aliphatic carbocycles. The molecule has 0 bridgehead atoms. The van der Waals surface area contributed by atoms with Crippen LogP contribution in [0, 0.1) is 0 Å². The molecule has 10 heavy (non-hydrogen) atoms. The van der Waals surface area contributed by atoms with E-state index >= 15 is 0 Å². The topological polar surface area (TPSA) is 66.2 Å². The molecule has 0 saturated carbocycles. The average Bonchev–Trinajstić information content (AvgIpc) is 1.95. The van der Waals surface area contributed by atoms with Crippen molar-refractivity contribution in [3.63, 3.8) is 0 Å². The lowest BCUT2D eigenvalue weighted by Crippen LogP contribution is -1.90. The number of nitrogens with zero attached hydrogens (tertiary/aromatic N) is 2. The fraction of sp³-hybridized carbons (Fsp3) is 0.333. The maximum atomic E-state index is 8.83. The van der Waals surface area contributed by atoms with E-state index in [-0.39, 0.29) is 11.6 Å². The number of aromatic hydroxyl groups is 2. The van der Waals surface area contributed by atoms with Crippen LogP contribution >= 0.6 is 0 Å². The molecular formula is C6H8N2O2. The van der Waals surface area contributed by atoms with Crippen LogP contribution in [-0.4, -0.2) is 20.2 Å². The first kappa shape index (κ1) is 6.80. The summed E-state index contributed by atoms with van der Waals surface area (Å²) in [7, 11) is 0. The van der Waals surface area contributed by atoms with Gasteiger partial charge in [-0.25, -0.2) is 4.98 Å². The van der Waals surface area contributed by atoms with Crippen molar-refractivity contribution in [1.29, 1.82) is 0 Å². The fourth-order valence-corrected chi connectivity index (χ4v) is 0.572.